The molecule has 0 saturated carbocycles. The van der Waals surface area contributed by atoms with Crippen LogP contribution in [-0.4, -0.2) is 17.1 Å². The SMILES string of the molecule is COCc1nc(Cl)cc(Oc2ccccc2)n1. The van der Waals surface area contributed by atoms with Crippen LogP contribution in [0.3, 0.4) is 0 Å². The molecule has 0 atom stereocenters. The van der Waals surface area contributed by atoms with Crippen molar-refractivity contribution >= 4 is 11.6 Å². The molecule has 0 aliphatic rings. The molecule has 2 rings (SSSR count). The molecular weight excluding hydrogens is 240 g/mol. The van der Waals surface area contributed by atoms with Crippen LogP contribution in [0.4, 0.5) is 0 Å². The monoisotopic (exact) mass is 250 g/mol. The van der Waals surface area contributed by atoms with Crippen LogP contribution in [0, 0.1) is 0 Å². The first-order chi connectivity index (χ1) is 8.28. The van der Waals surface area contributed by atoms with Crippen molar-refractivity contribution in [1.29, 1.82) is 0 Å². The van der Waals surface area contributed by atoms with Gasteiger partial charge in [0.25, 0.3) is 0 Å². The normalized spacial score (nSPS) is 10.2. The van der Waals surface area contributed by atoms with Gasteiger partial charge in [-0.25, -0.2) is 4.98 Å². The van der Waals surface area contributed by atoms with Crippen LogP contribution < -0.4 is 4.74 Å². The number of para-hydroxylation sites is 1. The molecule has 4 nitrogen and oxygen atoms in total. The zero-order valence-corrected chi connectivity index (χ0v) is 10.0. The first-order valence-corrected chi connectivity index (χ1v) is 5.41. The van der Waals surface area contributed by atoms with Gasteiger partial charge in [-0.3, -0.25) is 0 Å². The van der Waals surface area contributed by atoms with Crippen molar-refractivity contribution in [2.24, 2.45) is 0 Å². The Morgan fingerprint density at radius 3 is 2.65 bits per heavy atom. The third-order valence-corrected chi connectivity index (χ3v) is 2.15. The summed E-state index contributed by atoms with van der Waals surface area (Å²) in [6, 6.07) is 10.9. The molecule has 0 aliphatic heterocycles. The Morgan fingerprint density at radius 2 is 1.94 bits per heavy atom. The largest absolute Gasteiger partial charge is 0.439 e. The van der Waals surface area contributed by atoms with Crippen molar-refractivity contribution in [1.82, 2.24) is 9.97 Å². The van der Waals surface area contributed by atoms with Gasteiger partial charge in [0.15, 0.2) is 5.82 Å². The Labute approximate surface area is 104 Å². The fourth-order valence-corrected chi connectivity index (χ4v) is 1.49. The van der Waals surface area contributed by atoms with Crippen LogP contribution in [0.5, 0.6) is 11.6 Å². The Bertz CT molecular complexity index is 491. The van der Waals surface area contributed by atoms with Crippen molar-refractivity contribution in [2.75, 3.05) is 7.11 Å². The van der Waals surface area contributed by atoms with E-state index in [-0.39, 0.29) is 0 Å². The van der Waals surface area contributed by atoms with E-state index in [1.807, 2.05) is 30.3 Å². The molecule has 17 heavy (non-hydrogen) atoms. The molecule has 0 amide bonds. The highest BCUT2D eigenvalue weighted by molar-refractivity contribution is 6.29. The molecule has 88 valence electrons. The molecule has 2 aromatic rings. The summed E-state index contributed by atoms with van der Waals surface area (Å²) in [5.41, 5.74) is 0. The molecule has 0 N–H and O–H groups in total. The lowest BCUT2D eigenvalue weighted by Crippen LogP contribution is -1.99. The lowest BCUT2D eigenvalue weighted by molar-refractivity contribution is 0.177. The number of nitrogens with zero attached hydrogens (tertiary/aromatic N) is 2. The lowest BCUT2D eigenvalue weighted by atomic mass is 10.3. The van der Waals surface area contributed by atoms with Crippen molar-refractivity contribution in [3.05, 3.63) is 47.4 Å². The van der Waals surface area contributed by atoms with E-state index in [2.05, 4.69) is 9.97 Å². The number of aromatic nitrogens is 2. The summed E-state index contributed by atoms with van der Waals surface area (Å²) in [5, 5.41) is 0.331. The second-order valence-electron chi connectivity index (χ2n) is 3.29. The highest BCUT2D eigenvalue weighted by Crippen LogP contribution is 2.21. The van der Waals surface area contributed by atoms with Gasteiger partial charge in [0.05, 0.1) is 0 Å². The number of methoxy groups -OCH3 is 1. The van der Waals surface area contributed by atoms with Crippen LogP contribution in [0.2, 0.25) is 5.15 Å². The number of halogens is 1. The average Bonchev–Trinajstić information content (AvgIpc) is 2.30. The zero-order valence-electron chi connectivity index (χ0n) is 9.26. The fraction of sp³-hybridized carbons (Fsp3) is 0.167. The number of rotatable bonds is 4. The van der Waals surface area contributed by atoms with Gasteiger partial charge in [-0.1, -0.05) is 29.8 Å². The van der Waals surface area contributed by atoms with Crippen LogP contribution in [0.1, 0.15) is 5.82 Å². The molecule has 0 aliphatic carbocycles. The molecule has 1 heterocycles. The zero-order chi connectivity index (χ0) is 12.1. The highest BCUT2D eigenvalue weighted by Gasteiger charge is 2.05. The van der Waals surface area contributed by atoms with E-state index in [1.165, 1.54) is 0 Å². The minimum Gasteiger partial charge on any atom is -0.439 e. The van der Waals surface area contributed by atoms with E-state index in [4.69, 9.17) is 21.1 Å². The van der Waals surface area contributed by atoms with Gasteiger partial charge in [-0.05, 0) is 12.1 Å². The minimum absolute atomic E-state index is 0.297. The van der Waals surface area contributed by atoms with E-state index in [9.17, 15) is 0 Å². The smallest absolute Gasteiger partial charge is 0.224 e. The number of benzene rings is 1. The molecule has 0 radical (unpaired) electrons. The quantitative estimate of drug-likeness (QED) is 0.783. The predicted molar refractivity (Wildman–Crippen MR) is 64.3 cm³/mol. The molecular formula is C12H11ClN2O2. The van der Waals surface area contributed by atoms with Crippen LogP contribution in [0.25, 0.3) is 0 Å². The van der Waals surface area contributed by atoms with Gasteiger partial charge in [-0.2, -0.15) is 4.98 Å². The molecule has 0 unspecified atom stereocenters. The van der Waals surface area contributed by atoms with Gasteiger partial charge < -0.3 is 9.47 Å². The predicted octanol–water partition coefficient (Wildman–Crippen LogP) is 3.07. The standard InChI is InChI=1S/C12H11ClN2O2/c1-16-8-11-14-10(13)7-12(15-11)17-9-5-3-2-4-6-9/h2-7H,8H2,1H3. The van der Waals surface area contributed by atoms with Gasteiger partial charge in [0.1, 0.15) is 17.5 Å². The first kappa shape index (κ1) is 11.8. The van der Waals surface area contributed by atoms with E-state index in [1.54, 1.807) is 13.2 Å². The summed E-state index contributed by atoms with van der Waals surface area (Å²) >= 11 is 5.87. The van der Waals surface area contributed by atoms with Gasteiger partial charge in [-0.15, -0.1) is 0 Å². The van der Waals surface area contributed by atoms with Crippen molar-refractivity contribution in [3.63, 3.8) is 0 Å². The molecule has 0 spiro atoms. The molecule has 1 aromatic heterocycles. The van der Waals surface area contributed by atoms with Crippen molar-refractivity contribution in [3.8, 4) is 11.6 Å². The first-order valence-electron chi connectivity index (χ1n) is 5.03. The average molecular weight is 251 g/mol. The topological polar surface area (TPSA) is 44.2 Å². The third-order valence-electron chi connectivity index (χ3n) is 1.96. The Morgan fingerprint density at radius 1 is 1.18 bits per heavy atom. The molecule has 1 aromatic carbocycles. The lowest BCUT2D eigenvalue weighted by Gasteiger charge is -2.06. The summed E-state index contributed by atoms with van der Waals surface area (Å²) in [5.74, 6) is 1.60. The van der Waals surface area contributed by atoms with Crippen LogP contribution >= 0.6 is 11.6 Å². The Hall–Kier alpha value is -1.65. The second kappa shape index (κ2) is 5.61. The minimum atomic E-state index is 0.297. The molecule has 0 fully saturated rings. The van der Waals surface area contributed by atoms with Crippen molar-refractivity contribution in [2.45, 2.75) is 6.61 Å². The maximum atomic E-state index is 5.87. The summed E-state index contributed by atoms with van der Waals surface area (Å²) in [7, 11) is 1.57. The second-order valence-corrected chi connectivity index (χ2v) is 3.68. The van der Waals surface area contributed by atoms with Crippen molar-refractivity contribution < 1.29 is 9.47 Å². The fourth-order valence-electron chi connectivity index (χ4n) is 1.30. The van der Waals surface area contributed by atoms with Crippen LogP contribution in [-0.2, 0) is 11.3 Å². The van der Waals surface area contributed by atoms with E-state index >= 15 is 0 Å². The summed E-state index contributed by atoms with van der Waals surface area (Å²) in [4.78, 5) is 8.19. The molecule has 0 bridgehead atoms. The Kier molecular flexibility index (Phi) is 3.90. The number of hydrogen-bond acceptors (Lipinski definition) is 4. The van der Waals surface area contributed by atoms with Crippen LogP contribution in [0.15, 0.2) is 36.4 Å². The van der Waals surface area contributed by atoms with Gasteiger partial charge in [0.2, 0.25) is 5.88 Å². The maximum Gasteiger partial charge on any atom is 0.224 e. The summed E-state index contributed by atoms with van der Waals surface area (Å²) in [6.07, 6.45) is 0. The number of hydrogen-bond donors (Lipinski definition) is 0. The third kappa shape index (κ3) is 3.41. The van der Waals surface area contributed by atoms with E-state index in [0.717, 1.165) is 0 Å². The summed E-state index contributed by atoms with van der Waals surface area (Å²) in [6.45, 7) is 0.297. The summed E-state index contributed by atoms with van der Waals surface area (Å²) < 4.78 is 10.5. The Balaban J connectivity index is 2.21. The maximum absolute atomic E-state index is 5.87. The van der Waals surface area contributed by atoms with E-state index in [0.29, 0.717) is 29.2 Å². The van der Waals surface area contributed by atoms with E-state index < -0.39 is 0 Å². The van der Waals surface area contributed by atoms with Gasteiger partial charge >= 0.3 is 0 Å². The number of ether oxygens (including phenoxy) is 2. The highest BCUT2D eigenvalue weighted by atomic mass is 35.5. The van der Waals surface area contributed by atoms with Gasteiger partial charge in [0, 0.05) is 13.2 Å². The molecule has 0 saturated heterocycles. The molecule has 5 heteroatoms.